The van der Waals surface area contributed by atoms with Crippen LogP contribution in [-0.4, -0.2) is 66.0 Å². The quantitative estimate of drug-likeness (QED) is 0.227. The molecule has 1 aliphatic heterocycles. The van der Waals surface area contributed by atoms with Crippen molar-refractivity contribution in [3.8, 4) is 28.6 Å². The lowest BCUT2D eigenvalue weighted by atomic mass is 10.1. The van der Waals surface area contributed by atoms with Crippen molar-refractivity contribution >= 4 is 28.2 Å². The van der Waals surface area contributed by atoms with Gasteiger partial charge in [0, 0.05) is 42.2 Å². The smallest absolute Gasteiger partial charge is 0.254 e. The summed E-state index contributed by atoms with van der Waals surface area (Å²) in [5.74, 6) is -0.538. The van der Waals surface area contributed by atoms with E-state index in [-0.39, 0.29) is 29.6 Å². The molecule has 0 aliphatic carbocycles. The minimum atomic E-state index is -0.764. The van der Waals surface area contributed by atoms with Crippen LogP contribution in [0.15, 0.2) is 72.9 Å². The Hall–Kier alpha value is -5.16. The highest BCUT2D eigenvalue weighted by Gasteiger charge is 2.22. The molecule has 0 saturated carbocycles. The SMILES string of the molecule is COc1ccc(Cn2cc3nc(-c4c(F)cccc4F)cc(Nc4ccc(C(=O)N5CCOCC5)cc4)c3c2O)c(OC)c1. The topological polar surface area (TPSA) is 98.1 Å². The second kappa shape index (κ2) is 12.2. The van der Waals surface area contributed by atoms with E-state index in [1.54, 1.807) is 66.3 Å². The summed E-state index contributed by atoms with van der Waals surface area (Å²) in [6.07, 6.45) is 1.62. The predicted molar refractivity (Wildman–Crippen MR) is 162 cm³/mol. The van der Waals surface area contributed by atoms with E-state index in [1.165, 1.54) is 24.3 Å². The molecule has 5 aromatic rings. The average molecular weight is 601 g/mol. The lowest BCUT2D eigenvalue weighted by Crippen LogP contribution is -2.40. The number of rotatable bonds is 8. The van der Waals surface area contributed by atoms with Crippen LogP contribution >= 0.6 is 0 Å². The van der Waals surface area contributed by atoms with E-state index >= 15 is 0 Å². The molecular weight excluding hydrogens is 570 g/mol. The number of morpholine rings is 1. The number of anilines is 2. The molecule has 0 radical (unpaired) electrons. The van der Waals surface area contributed by atoms with Crippen molar-refractivity contribution < 1.29 is 32.9 Å². The summed E-state index contributed by atoms with van der Waals surface area (Å²) >= 11 is 0. The molecule has 1 saturated heterocycles. The number of nitrogens with zero attached hydrogens (tertiary/aromatic N) is 3. The van der Waals surface area contributed by atoms with Crippen LogP contribution in [0.4, 0.5) is 20.2 Å². The van der Waals surface area contributed by atoms with Gasteiger partial charge in [-0.15, -0.1) is 0 Å². The zero-order valence-electron chi connectivity index (χ0n) is 24.1. The summed E-state index contributed by atoms with van der Waals surface area (Å²) in [7, 11) is 3.10. The maximum Gasteiger partial charge on any atom is 0.254 e. The number of hydrogen-bond donors (Lipinski definition) is 2. The molecule has 1 fully saturated rings. The number of methoxy groups -OCH3 is 2. The Morgan fingerprint density at radius 1 is 1.00 bits per heavy atom. The first-order chi connectivity index (χ1) is 21.4. The molecule has 2 aromatic heterocycles. The number of benzene rings is 3. The number of carbonyl (C=O) groups is 1. The fraction of sp³-hybridized carbons (Fsp3) is 0.212. The number of nitrogens with one attached hydrogen (secondary N) is 1. The van der Waals surface area contributed by atoms with Crippen LogP contribution in [-0.2, 0) is 11.3 Å². The third-order valence-electron chi connectivity index (χ3n) is 7.58. The molecule has 226 valence electrons. The number of amides is 1. The molecule has 1 aliphatic rings. The lowest BCUT2D eigenvalue weighted by Gasteiger charge is -2.26. The van der Waals surface area contributed by atoms with Crippen LogP contribution in [0.2, 0.25) is 0 Å². The van der Waals surface area contributed by atoms with Gasteiger partial charge in [-0.3, -0.25) is 4.79 Å². The van der Waals surface area contributed by atoms with Crippen LogP contribution in [0.25, 0.3) is 22.2 Å². The number of aromatic nitrogens is 2. The van der Waals surface area contributed by atoms with E-state index < -0.39 is 11.6 Å². The Labute approximate surface area is 252 Å². The number of halogens is 2. The van der Waals surface area contributed by atoms with E-state index in [0.29, 0.717) is 65.6 Å². The van der Waals surface area contributed by atoms with Gasteiger partial charge in [0.05, 0.1) is 61.8 Å². The molecule has 0 bridgehead atoms. The summed E-state index contributed by atoms with van der Waals surface area (Å²) in [6.45, 7) is 2.28. The maximum atomic E-state index is 14.9. The Morgan fingerprint density at radius 3 is 2.41 bits per heavy atom. The van der Waals surface area contributed by atoms with E-state index in [4.69, 9.17) is 14.2 Å². The van der Waals surface area contributed by atoms with Crippen molar-refractivity contribution in [3.05, 3.63) is 95.7 Å². The third kappa shape index (κ3) is 5.61. The summed E-state index contributed by atoms with van der Waals surface area (Å²) in [5.41, 5.74) is 2.34. The fourth-order valence-corrected chi connectivity index (χ4v) is 5.30. The predicted octanol–water partition coefficient (Wildman–Crippen LogP) is 5.97. The van der Waals surface area contributed by atoms with E-state index in [9.17, 15) is 18.7 Å². The zero-order valence-corrected chi connectivity index (χ0v) is 24.1. The Morgan fingerprint density at radius 2 is 1.73 bits per heavy atom. The van der Waals surface area contributed by atoms with Gasteiger partial charge in [-0.25, -0.2) is 13.8 Å². The van der Waals surface area contributed by atoms with E-state index in [0.717, 1.165) is 5.56 Å². The lowest BCUT2D eigenvalue weighted by molar-refractivity contribution is 0.0303. The van der Waals surface area contributed by atoms with Crippen molar-refractivity contribution in [2.75, 3.05) is 45.8 Å². The molecule has 0 atom stereocenters. The highest BCUT2D eigenvalue weighted by Crippen LogP contribution is 2.39. The maximum absolute atomic E-state index is 14.9. The Kier molecular flexibility index (Phi) is 8.03. The van der Waals surface area contributed by atoms with Crippen molar-refractivity contribution in [1.29, 1.82) is 0 Å². The van der Waals surface area contributed by atoms with Gasteiger partial charge in [0.1, 0.15) is 23.1 Å². The first kappa shape index (κ1) is 28.9. The number of fused-ring (bicyclic) bond motifs is 1. The first-order valence-corrected chi connectivity index (χ1v) is 14.0. The van der Waals surface area contributed by atoms with Gasteiger partial charge < -0.3 is 34.1 Å². The van der Waals surface area contributed by atoms with Crippen LogP contribution in [0.5, 0.6) is 17.4 Å². The molecule has 0 spiro atoms. The summed E-state index contributed by atoms with van der Waals surface area (Å²) in [5, 5.41) is 15.0. The summed E-state index contributed by atoms with van der Waals surface area (Å²) in [4.78, 5) is 19.2. The monoisotopic (exact) mass is 600 g/mol. The molecule has 9 nitrogen and oxygen atoms in total. The standard InChI is InChI=1S/C33H30F2N4O5/c1-42-23-11-8-21(29(16-23)43-2)18-39-19-28-31(33(39)41)27(17-26(37-28)30-24(34)4-3-5-25(30)35)36-22-9-6-20(7-10-22)32(40)38-12-14-44-15-13-38/h3-11,16-17,19,36,41H,12-15,18H2,1-2H3. The molecule has 3 aromatic carbocycles. The highest BCUT2D eigenvalue weighted by molar-refractivity contribution is 6.00. The number of ether oxygens (including phenoxy) is 3. The zero-order chi connectivity index (χ0) is 30.8. The van der Waals surface area contributed by atoms with Gasteiger partial charge in [0.25, 0.3) is 5.91 Å². The molecule has 1 amide bonds. The number of aromatic hydroxyl groups is 1. The second-order valence-electron chi connectivity index (χ2n) is 10.3. The largest absolute Gasteiger partial charge is 0.497 e. The van der Waals surface area contributed by atoms with E-state index in [2.05, 4.69) is 10.3 Å². The molecule has 11 heteroatoms. The van der Waals surface area contributed by atoms with Gasteiger partial charge in [-0.1, -0.05) is 6.07 Å². The molecule has 0 unspecified atom stereocenters. The molecular formula is C33H30F2N4O5. The van der Waals surface area contributed by atoms with Gasteiger partial charge in [0.2, 0.25) is 5.88 Å². The van der Waals surface area contributed by atoms with Crippen molar-refractivity contribution in [2.45, 2.75) is 6.54 Å². The van der Waals surface area contributed by atoms with Gasteiger partial charge in [0.15, 0.2) is 0 Å². The van der Waals surface area contributed by atoms with Crippen LogP contribution in [0.1, 0.15) is 15.9 Å². The minimum Gasteiger partial charge on any atom is -0.497 e. The van der Waals surface area contributed by atoms with Gasteiger partial charge in [-0.05, 0) is 54.6 Å². The Balaban J connectivity index is 1.40. The number of pyridine rings is 1. The van der Waals surface area contributed by atoms with Gasteiger partial charge >= 0.3 is 0 Å². The van der Waals surface area contributed by atoms with Crippen LogP contribution in [0, 0.1) is 11.6 Å². The van der Waals surface area contributed by atoms with Gasteiger partial charge in [-0.2, -0.15) is 0 Å². The average Bonchev–Trinajstić information content (AvgIpc) is 3.36. The van der Waals surface area contributed by atoms with Crippen molar-refractivity contribution in [3.63, 3.8) is 0 Å². The summed E-state index contributed by atoms with van der Waals surface area (Å²) in [6, 6.07) is 17.4. The van der Waals surface area contributed by atoms with E-state index in [1.807, 2.05) is 6.07 Å². The van der Waals surface area contributed by atoms with Crippen molar-refractivity contribution in [1.82, 2.24) is 14.5 Å². The van der Waals surface area contributed by atoms with Crippen LogP contribution in [0.3, 0.4) is 0 Å². The highest BCUT2D eigenvalue weighted by atomic mass is 19.1. The molecule has 6 rings (SSSR count). The van der Waals surface area contributed by atoms with Crippen LogP contribution < -0.4 is 14.8 Å². The third-order valence-corrected chi connectivity index (χ3v) is 7.58. The number of hydrogen-bond acceptors (Lipinski definition) is 7. The fourth-order valence-electron chi connectivity index (χ4n) is 5.30. The molecule has 3 heterocycles. The van der Waals surface area contributed by atoms with Crippen molar-refractivity contribution in [2.24, 2.45) is 0 Å². The number of carbonyl (C=O) groups excluding carboxylic acids is 1. The molecule has 44 heavy (non-hydrogen) atoms. The minimum absolute atomic E-state index is 0.0499. The first-order valence-electron chi connectivity index (χ1n) is 14.0. The molecule has 2 N–H and O–H groups in total. The second-order valence-corrected chi connectivity index (χ2v) is 10.3. The normalized spacial score (nSPS) is 13.2. The Bertz CT molecular complexity index is 1810. The summed E-state index contributed by atoms with van der Waals surface area (Å²) < 4.78 is 47.5.